The summed E-state index contributed by atoms with van der Waals surface area (Å²) in [7, 11) is -2.12. The minimum atomic E-state index is -3.63. The number of nitrogens with one attached hydrogen (secondary N) is 1. The SMILES string of the molecule is COc1cc(Cl)c(C)cc1NC(=O)[C@@H]1CCCN(S(=O)(=O)c2ccc(C)cc2)C1. The van der Waals surface area contributed by atoms with Crippen molar-refractivity contribution < 1.29 is 17.9 Å². The van der Waals surface area contributed by atoms with E-state index in [9.17, 15) is 13.2 Å². The van der Waals surface area contributed by atoms with Gasteiger partial charge in [0.15, 0.2) is 0 Å². The monoisotopic (exact) mass is 436 g/mol. The third-order valence-corrected chi connectivity index (χ3v) is 7.44. The Morgan fingerprint density at radius 3 is 2.55 bits per heavy atom. The number of anilines is 1. The molecule has 156 valence electrons. The molecule has 3 rings (SSSR count). The molecule has 29 heavy (non-hydrogen) atoms. The number of piperidine rings is 1. The van der Waals surface area contributed by atoms with Crippen LogP contribution in [0.5, 0.6) is 5.75 Å². The van der Waals surface area contributed by atoms with E-state index in [1.54, 1.807) is 36.4 Å². The van der Waals surface area contributed by atoms with Crippen molar-refractivity contribution in [2.45, 2.75) is 31.6 Å². The van der Waals surface area contributed by atoms with Gasteiger partial charge in [-0.25, -0.2) is 8.42 Å². The van der Waals surface area contributed by atoms with Crippen LogP contribution >= 0.6 is 11.6 Å². The summed E-state index contributed by atoms with van der Waals surface area (Å²) in [5.41, 5.74) is 2.33. The summed E-state index contributed by atoms with van der Waals surface area (Å²) in [5.74, 6) is -0.201. The van der Waals surface area contributed by atoms with E-state index in [1.165, 1.54) is 11.4 Å². The Hall–Kier alpha value is -2.09. The van der Waals surface area contributed by atoms with Crippen LogP contribution in [0.15, 0.2) is 41.3 Å². The molecule has 0 spiro atoms. The minimum absolute atomic E-state index is 0.150. The predicted octanol–water partition coefficient (Wildman–Crippen LogP) is 4.00. The van der Waals surface area contributed by atoms with Gasteiger partial charge in [-0.15, -0.1) is 0 Å². The fourth-order valence-electron chi connectivity index (χ4n) is 3.40. The van der Waals surface area contributed by atoms with Crippen LogP contribution in [0, 0.1) is 19.8 Å². The second kappa shape index (κ2) is 8.73. The van der Waals surface area contributed by atoms with E-state index in [0.717, 1.165) is 11.1 Å². The van der Waals surface area contributed by atoms with Crippen molar-refractivity contribution in [2.75, 3.05) is 25.5 Å². The molecule has 1 atom stereocenters. The van der Waals surface area contributed by atoms with Crippen molar-refractivity contribution in [3.8, 4) is 5.75 Å². The first-order valence-corrected chi connectivity index (χ1v) is 11.3. The second-order valence-corrected chi connectivity index (χ2v) is 9.65. The third kappa shape index (κ3) is 4.74. The van der Waals surface area contributed by atoms with Crippen LogP contribution in [0.1, 0.15) is 24.0 Å². The number of halogens is 1. The molecule has 2 aromatic rings. The first-order valence-electron chi connectivity index (χ1n) is 9.44. The Kier molecular flexibility index (Phi) is 6.51. The van der Waals surface area contributed by atoms with Gasteiger partial charge in [0, 0.05) is 24.2 Å². The van der Waals surface area contributed by atoms with Crippen LogP contribution in [0.4, 0.5) is 5.69 Å². The number of benzene rings is 2. The zero-order valence-corrected chi connectivity index (χ0v) is 18.3. The Balaban J connectivity index is 1.76. The lowest BCUT2D eigenvalue weighted by molar-refractivity contribution is -0.120. The van der Waals surface area contributed by atoms with Crippen molar-refractivity contribution in [3.05, 3.63) is 52.5 Å². The van der Waals surface area contributed by atoms with Gasteiger partial charge < -0.3 is 10.1 Å². The van der Waals surface area contributed by atoms with Gasteiger partial charge in [0.25, 0.3) is 0 Å². The molecule has 0 aliphatic carbocycles. The molecule has 1 fully saturated rings. The lowest BCUT2D eigenvalue weighted by Crippen LogP contribution is -2.43. The molecule has 2 aromatic carbocycles. The van der Waals surface area contributed by atoms with Gasteiger partial charge in [-0.2, -0.15) is 4.31 Å². The minimum Gasteiger partial charge on any atom is -0.495 e. The van der Waals surface area contributed by atoms with Crippen molar-refractivity contribution in [2.24, 2.45) is 5.92 Å². The van der Waals surface area contributed by atoms with E-state index in [4.69, 9.17) is 16.3 Å². The fraction of sp³-hybridized carbons (Fsp3) is 0.381. The van der Waals surface area contributed by atoms with Crippen molar-refractivity contribution >= 4 is 33.2 Å². The molecule has 6 nitrogen and oxygen atoms in total. The number of carbonyl (C=O) groups excluding carboxylic acids is 1. The Morgan fingerprint density at radius 2 is 1.90 bits per heavy atom. The van der Waals surface area contributed by atoms with Crippen LogP contribution < -0.4 is 10.1 Å². The van der Waals surface area contributed by atoms with Crippen LogP contribution in [-0.4, -0.2) is 38.8 Å². The van der Waals surface area contributed by atoms with Gasteiger partial charge in [-0.1, -0.05) is 29.3 Å². The molecule has 1 N–H and O–H groups in total. The van der Waals surface area contributed by atoms with Gasteiger partial charge in [0.1, 0.15) is 5.75 Å². The van der Waals surface area contributed by atoms with Gasteiger partial charge in [-0.3, -0.25) is 4.79 Å². The standard InChI is InChI=1S/C21H25ClN2O4S/c1-14-6-8-17(9-7-14)29(26,27)24-10-4-5-16(13-24)21(25)23-19-11-15(2)18(22)12-20(19)28-3/h6-9,11-12,16H,4-5,10,13H2,1-3H3,(H,23,25)/t16-/m1/s1. The maximum atomic E-state index is 13.0. The summed E-state index contributed by atoms with van der Waals surface area (Å²) >= 11 is 6.12. The zero-order valence-electron chi connectivity index (χ0n) is 16.7. The van der Waals surface area contributed by atoms with E-state index in [0.29, 0.717) is 35.8 Å². The third-order valence-electron chi connectivity index (χ3n) is 5.15. The predicted molar refractivity (Wildman–Crippen MR) is 114 cm³/mol. The molecule has 0 bridgehead atoms. The number of aryl methyl sites for hydroxylation is 2. The van der Waals surface area contributed by atoms with Crippen LogP contribution in [0.2, 0.25) is 5.02 Å². The van der Waals surface area contributed by atoms with Gasteiger partial charge >= 0.3 is 0 Å². The molecule has 8 heteroatoms. The number of carbonyl (C=O) groups is 1. The Labute approximate surface area is 176 Å². The van der Waals surface area contributed by atoms with E-state index in [2.05, 4.69) is 5.32 Å². The van der Waals surface area contributed by atoms with Crippen molar-refractivity contribution in [1.82, 2.24) is 4.31 Å². The number of amides is 1. The highest BCUT2D eigenvalue weighted by molar-refractivity contribution is 7.89. The van der Waals surface area contributed by atoms with E-state index in [1.807, 2.05) is 13.8 Å². The zero-order chi connectivity index (χ0) is 21.2. The first kappa shape index (κ1) is 21.6. The molecule has 0 unspecified atom stereocenters. The summed E-state index contributed by atoms with van der Waals surface area (Å²) in [6.45, 7) is 4.30. The smallest absolute Gasteiger partial charge is 0.243 e. The largest absolute Gasteiger partial charge is 0.495 e. The molecule has 0 saturated carbocycles. The molecule has 0 radical (unpaired) electrons. The van der Waals surface area contributed by atoms with Gasteiger partial charge in [-0.05, 0) is 50.5 Å². The quantitative estimate of drug-likeness (QED) is 0.768. The van der Waals surface area contributed by atoms with E-state index >= 15 is 0 Å². The molecule has 1 amide bonds. The molecule has 1 aliphatic rings. The number of rotatable bonds is 5. The average Bonchev–Trinajstić information content (AvgIpc) is 2.71. The van der Waals surface area contributed by atoms with Gasteiger partial charge in [0.2, 0.25) is 15.9 Å². The molecule has 1 heterocycles. The number of nitrogens with zero attached hydrogens (tertiary/aromatic N) is 1. The second-order valence-electron chi connectivity index (χ2n) is 7.31. The summed E-state index contributed by atoms with van der Waals surface area (Å²) in [4.78, 5) is 13.1. The van der Waals surface area contributed by atoms with Crippen LogP contribution in [-0.2, 0) is 14.8 Å². The van der Waals surface area contributed by atoms with Crippen LogP contribution in [0.25, 0.3) is 0 Å². The van der Waals surface area contributed by atoms with E-state index in [-0.39, 0.29) is 17.3 Å². The molecular weight excluding hydrogens is 412 g/mol. The molecule has 1 saturated heterocycles. The molecule has 1 aliphatic heterocycles. The number of hydrogen-bond donors (Lipinski definition) is 1. The lowest BCUT2D eigenvalue weighted by atomic mass is 9.98. The van der Waals surface area contributed by atoms with E-state index < -0.39 is 15.9 Å². The molecule has 0 aromatic heterocycles. The summed E-state index contributed by atoms with van der Waals surface area (Å²) in [5, 5.41) is 3.42. The fourth-order valence-corrected chi connectivity index (χ4v) is 5.08. The van der Waals surface area contributed by atoms with Crippen molar-refractivity contribution in [3.63, 3.8) is 0 Å². The lowest BCUT2D eigenvalue weighted by Gasteiger charge is -2.31. The maximum absolute atomic E-state index is 13.0. The highest BCUT2D eigenvalue weighted by Crippen LogP contribution is 2.32. The summed E-state index contributed by atoms with van der Waals surface area (Å²) in [6, 6.07) is 10.2. The first-order chi connectivity index (χ1) is 13.7. The highest BCUT2D eigenvalue weighted by Gasteiger charge is 2.33. The van der Waals surface area contributed by atoms with Crippen molar-refractivity contribution in [1.29, 1.82) is 0 Å². The number of ether oxygens (including phenoxy) is 1. The average molecular weight is 437 g/mol. The summed E-state index contributed by atoms with van der Waals surface area (Å²) < 4.78 is 32.6. The summed E-state index contributed by atoms with van der Waals surface area (Å²) in [6.07, 6.45) is 1.25. The Morgan fingerprint density at radius 1 is 1.21 bits per heavy atom. The van der Waals surface area contributed by atoms with Gasteiger partial charge in [0.05, 0.1) is 23.6 Å². The molecular formula is C21H25ClN2O4S. The maximum Gasteiger partial charge on any atom is 0.243 e. The number of methoxy groups -OCH3 is 1. The Bertz CT molecular complexity index is 1010. The normalized spacial score (nSPS) is 17.7. The number of sulfonamides is 1. The topological polar surface area (TPSA) is 75.7 Å². The highest BCUT2D eigenvalue weighted by atomic mass is 35.5. The van der Waals surface area contributed by atoms with Crippen LogP contribution in [0.3, 0.4) is 0 Å². The number of hydrogen-bond acceptors (Lipinski definition) is 4.